The molecule has 5 aromatic rings. The van der Waals surface area contributed by atoms with Crippen molar-refractivity contribution in [3.8, 4) is 11.8 Å². The van der Waals surface area contributed by atoms with Crippen LogP contribution in [0.2, 0.25) is 0 Å². The van der Waals surface area contributed by atoms with Crippen molar-refractivity contribution >= 4 is 51.6 Å². The van der Waals surface area contributed by atoms with Crippen molar-refractivity contribution in [1.82, 2.24) is 44.2 Å². The summed E-state index contributed by atoms with van der Waals surface area (Å²) in [4.78, 5) is 60.9. The third-order valence-corrected chi connectivity index (χ3v) is 13.3. The quantitative estimate of drug-likeness (QED) is 0.155. The number of carbonyl (C=O) groups is 3. The predicted molar refractivity (Wildman–Crippen MR) is 229 cm³/mol. The fourth-order valence-corrected chi connectivity index (χ4v) is 9.84. The lowest BCUT2D eigenvalue weighted by Gasteiger charge is -2.45. The molecular weight excluding hydrogens is 797 g/mol. The van der Waals surface area contributed by atoms with E-state index >= 15 is 8.78 Å². The molecule has 2 atom stereocenters. The van der Waals surface area contributed by atoms with Gasteiger partial charge < -0.3 is 15.5 Å². The van der Waals surface area contributed by atoms with Gasteiger partial charge in [0.15, 0.2) is 17.2 Å². The second-order valence-corrected chi connectivity index (χ2v) is 17.3. The van der Waals surface area contributed by atoms with Gasteiger partial charge in [-0.15, -0.1) is 5.10 Å². The number of hydrogen-bond donors (Lipinski definition) is 3. The Morgan fingerprint density at radius 2 is 1.79 bits per heavy atom. The van der Waals surface area contributed by atoms with Crippen LogP contribution in [0, 0.1) is 17.8 Å². The molecule has 2 aromatic carbocycles. The minimum Gasteiger partial charge on any atom is -0.385 e. The summed E-state index contributed by atoms with van der Waals surface area (Å²) < 4.78 is 36.7. The van der Waals surface area contributed by atoms with Crippen LogP contribution in [0.15, 0.2) is 53.5 Å². The molecule has 15 nitrogen and oxygen atoms in total. The molecule has 3 saturated heterocycles. The third kappa shape index (κ3) is 7.28. The average Bonchev–Trinajstić information content (AvgIpc) is 3.69. The highest BCUT2D eigenvalue weighted by Crippen LogP contribution is 2.39. The highest BCUT2D eigenvalue weighted by Gasteiger charge is 2.48. The van der Waals surface area contributed by atoms with Crippen molar-refractivity contribution in [3.05, 3.63) is 81.5 Å². The summed E-state index contributed by atoms with van der Waals surface area (Å²) in [7, 11) is 3.47. The average molecular weight is 846 g/mol. The summed E-state index contributed by atoms with van der Waals surface area (Å²) >= 11 is 0. The van der Waals surface area contributed by atoms with Crippen LogP contribution in [-0.4, -0.2) is 109 Å². The number of aryl methyl sites for hydroxylation is 1. The van der Waals surface area contributed by atoms with Gasteiger partial charge in [0.05, 0.1) is 35.5 Å². The Morgan fingerprint density at radius 1 is 0.968 bits per heavy atom. The molecule has 322 valence electrons. The SMILES string of the molecule is CNc1cc(N2CCc3c(CN4CCC(N5CCC(C#Cc6ccc7c(c6)n(C)c(=O)n7C6CCC(=O)NC6=O)CC5)C(F)(F)C4)cccc32)nn2c(C(=O)NC3CC3)cnc12. The zero-order valence-corrected chi connectivity index (χ0v) is 34.8. The van der Waals surface area contributed by atoms with E-state index in [-0.39, 0.29) is 48.9 Å². The Hall–Kier alpha value is -6.12. The monoisotopic (exact) mass is 845 g/mol. The smallest absolute Gasteiger partial charge is 0.329 e. The Balaban J connectivity index is 0.774. The number of hydrogen-bond acceptors (Lipinski definition) is 10. The first-order valence-corrected chi connectivity index (χ1v) is 21.6. The van der Waals surface area contributed by atoms with Gasteiger partial charge in [-0.3, -0.25) is 38.6 Å². The molecule has 1 aliphatic carbocycles. The molecule has 3 aromatic heterocycles. The maximum atomic E-state index is 16.1. The summed E-state index contributed by atoms with van der Waals surface area (Å²) in [6.45, 7) is 2.45. The Bertz CT molecular complexity index is 2750. The van der Waals surface area contributed by atoms with Crippen molar-refractivity contribution in [2.75, 3.05) is 50.0 Å². The summed E-state index contributed by atoms with van der Waals surface area (Å²) in [5.74, 6) is 3.44. The normalized spacial score (nSPS) is 22.1. The van der Waals surface area contributed by atoms with E-state index in [1.165, 1.54) is 9.13 Å². The Morgan fingerprint density at radius 3 is 2.55 bits per heavy atom. The minimum absolute atomic E-state index is 0.0584. The standard InChI is InChI=1S/C45H49F2N11O4/c1-48-32-23-39(52-58-37(24-49-41(32)58)43(61)50-30-9-10-30)56-21-16-31-29(4-3-5-33(31)56)25-54-18-17-38(45(46,47)26-54)55-19-14-27(15-20-55)6-7-28-8-11-34-36(22-28)53(2)44(62)57(34)35-12-13-40(59)51-42(35)60/h3-5,8,11,22-24,27,30,35,38,48H,9-10,12-21,25-26H2,1-2H3,(H,50,61)(H,51,59,60). The Labute approximate surface area is 356 Å². The second kappa shape index (κ2) is 15.7. The minimum atomic E-state index is -2.88. The van der Waals surface area contributed by atoms with E-state index in [4.69, 9.17) is 5.10 Å². The fourth-order valence-electron chi connectivity index (χ4n) is 9.84. The number of benzene rings is 2. The van der Waals surface area contributed by atoms with Gasteiger partial charge in [0.25, 0.3) is 11.8 Å². The molecule has 0 bridgehead atoms. The van der Waals surface area contributed by atoms with Gasteiger partial charge in [0.2, 0.25) is 11.8 Å². The van der Waals surface area contributed by atoms with E-state index in [1.807, 2.05) is 53.2 Å². The zero-order chi connectivity index (χ0) is 42.9. The number of imide groups is 1. The largest absolute Gasteiger partial charge is 0.385 e. The summed E-state index contributed by atoms with van der Waals surface area (Å²) in [5.41, 5.74) is 6.48. The van der Waals surface area contributed by atoms with Crippen molar-refractivity contribution in [3.63, 3.8) is 0 Å². The number of nitrogens with one attached hydrogen (secondary N) is 3. The van der Waals surface area contributed by atoms with Crippen LogP contribution in [0.1, 0.15) is 78.2 Å². The van der Waals surface area contributed by atoms with Crippen molar-refractivity contribution in [1.29, 1.82) is 0 Å². The molecule has 0 spiro atoms. The maximum absolute atomic E-state index is 16.1. The molecule has 7 heterocycles. The van der Waals surface area contributed by atoms with Crippen LogP contribution in [0.25, 0.3) is 16.7 Å². The van der Waals surface area contributed by atoms with Crippen LogP contribution in [0.5, 0.6) is 0 Å². The zero-order valence-electron chi connectivity index (χ0n) is 34.8. The number of fused-ring (bicyclic) bond motifs is 3. The van der Waals surface area contributed by atoms with Gasteiger partial charge >= 0.3 is 5.69 Å². The van der Waals surface area contributed by atoms with E-state index in [0.717, 1.165) is 47.3 Å². The highest BCUT2D eigenvalue weighted by atomic mass is 19.3. The molecular formula is C45H49F2N11O4. The second-order valence-electron chi connectivity index (χ2n) is 17.3. The maximum Gasteiger partial charge on any atom is 0.329 e. The molecule has 62 heavy (non-hydrogen) atoms. The molecule has 3 N–H and O–H groups in total. The van der Waals surface area contributed by atoms with E-state index in [0.29, 0.717) is 80.2 Å². The lowest BCUT2D eigenvalue weighted by Crippen LogP contribution is -2.59. The number of amides is 3. The molecule has 5 aliphatic rings. The molecule has 3 amide bonds. The molecule has 2 unspecified atom stereocenters. The van der Waals surface area contributed by atoms with Gasteiger partial charge in [0.1, 0.15) is 6.04 Å². The number of carbonyl (C=O) groups excluding carboxylic acids is 3. The number of rotatable bonds is 8. The lowest BCUT2D eigenvalue weighted by molar-refractivity contribution is -0.135. The van der Waals surface area contributed by atoms with Crippen LogP contribution in [0.4, 0.5) is 26.0 Å². The molecule has 1 saturated carbocycles. The number of nitrogens with zero attached hydrogens (tertiary/aromatic N) is 8. The molecule has 0 radical (unpaired) electrons. The van der Waals surface area contributed by atoms with Crippen molar-refractivity contribution in [2.45, 2.75) is 82.0 Å². The number of aromatic nitrogens is 5. The number of imidazole rings is 2. The topological polar surface area (TPSA) is 154 Å². The Kier molecular flexibility index (Phi) is 10.1. The van der Waals surface area contributed by atoms with Gasteiger partial charge in [-0.2, -0.15) is 0 Å². The molecule has 4 fully saturated rings. The number of halogens is 2. The molecule has 10 rings (SSSR count). The van der Waals surface area contributed by atoms with Gasteiger partial charge in [-0.05, 0) is 93.4 Å². The molecule has 17 heteroatoms. The predicted octanol–water partition coefficient (Wildman–Crippen LogP) is 3.96. The first kappa shape index (κ1) is 40.0. The van der Waals surface area contributed by atoms with Gasteiger partial charge in [-0.1, -0.05) is 24.0 Å². The van der Waals surface area contributed by atoms with E-state index in [1.54, 1.807) is 23.8 Å². The first-order valence-electron chi connectivity index (χ1n) is 21.6. The van der Waals surface area contributed by atoms with Crippen LogP contribution in [0.3, 0.4) is 0 Å². The summed E-state index contributed by atoms with van der Waals surface area (Å²) in [6, 6.07) is 12.1. The summed E-state index contributed by atoms with van der Waals surface area (Å²) in [6.07, 6.45) is 6.45. The van der Waals surface area contributed by atoms with Gasteiger partial charge in [0, 0.05) is 69.4 Å². The number of likely N-dealkylation sites (tertiary alicyclic amines) is 2. The summed E-state index contributed by atoms with van der Waals surface area (Å²) in [5, 5.41) is 13.4. The van der Waals surface area contributed by atoms with Crippen LogP contribution < -0.4 is 26.5 Å². The number of alkyl halides is 2. The number of piperidine rings is 3. The van der Waals surface area contributed by atoms with E-state index in [9.17, 15) is 19.2 Å². The van der Waals surface area contributed by atoms with E-state index < -0.39 is 23.9 Å². The van der Waals surface area contributed by atoms with Crippen molar-refractivity contribution < 1.29 is 23.2 Å². The van der Waals surface area contributed by atoms with E-state index in [2.05, 4.69) is 37.7 Å². The molecule has 4 aliphatic heterocycles. The van der Waals surface area contributed by atoms with Gasteiger partial charge in [-0.25, -0.2) is 23.1 Å². The third-order valence-electron chi connectivity index (χ3n) is 13.3. The first-order chi connectivity index (χ1) is 29.9. The fraction of sp³-hybridized carbons (Fsp3) is 0.467. The van der Waals surface area contributed by atoms with Crippen molar-refractivity contribution in [2.24, 2.45) is 13.0 Å². The van der Waals surface area contributed by atoms with Crippen LogP contribution in [-0.2, 0) is 29.6 Å². The van der Waals surface area contributed by atoms with Crippen LogP contribution >= 0.6 is 0 Å². The lowest BCUT2D eigenvalue weighted by atomic mass is 9.91. The number of anilines is 3. The highest BCUT2D eigenvalue weighted by molar-refractivity contribution is 6.00.